The molecule has 1 aliphatic rings. The van der Waals surface area contributed by atoms with Crippen LogP contribution in [0.1, 0.15) is 46.3 Å². The maximum atomic E-state index is 10.5. The molecule has 3 rings (SSSR count). The van der Waals surface area contributed by atoms with Gasteiger partial charge in [0.05, 0.1) is 6.10 Å². The zero-order chi connectivity index (χ0) is 13.4. The zero-order valence-corrected chi connectivity index (χ0v) is 11.6. The van der Waals surface area contributed by atoms with Crippen LogP contribution in [0.25, 0.3) is 0 Å². The van der Waals surface area contributed by atoms with E-state index in [4.69, 9.17) is 0 Å². The summed E-state index contributed by atoms with van der Waals surface area (Å²) in [5, 5.41) is 10.5. The SMILES string of the molecule is Cc1cccc(C(O)CC2Cc3ccccc32)c1C. The Labute approximate surface area is 114 Å². The maximum absolute atomic E-state index is 10.5. The molecule has 0 bridgehead atoms. The van der Waals surface area contributed by atoms with Crippen molar-refractivity contribution < 1.29 is 5.11 Å². The molecular weight excluding hydrogens is 232 g/mol. The summed E-state index contributed by atoms with van der Waals surface area (Å²) in [4.78, 5) is 0. The first-order valence-corrected chi connectivity index (χ1v) is 6.99. The molecule has 0 heterocycles. The van der Waals surface area contributed by atoms with Crippen molar-refractivity contribution in [1.29, 1.82) is 0 Å². The first-order chi connectivity index (χ1) is 9.16. The van der Waals surface area contributed by atoms with Gasteiger partial charge in [0.15, 0.2) is 0 Å². The average Bonchev–Trinajstić information content (AvgIpc) is 2.39. The van der Waals surface area contributed by atoms with Gasteiger partial charge in [-0.15, -0.1) is 0 Å². The Hall–Kier alpha value is -1.60. The average molecular weight is 252 g/mol. The minimum atomic E-state index is -0.349. The summed E-state index contributed by atoms with van der Waals surface area (Å²) in [6.07, 6.45) is 1.60. The van der Waals surface area contributed by atoms with Crippen molar-refractivity contribution in [2.45, 2.75) is 38.7 Å². The molecule has 1 N–H and O–H groups in total. The second-order valence-corrected chi connectivity index (χ2v) is 5.64. The van der Waals surface area contributed by atoms with Crippen molar-refractivity contribution in [3.05, 3.63) is 70.3 Å². The van der Waals surface area contributed by atoms with Gasteiger partial charge < -0.3 is 5.11 Å². The Kier molecular flexibility index (Phi) is 3.16. The van der Waals surface area contributed by atoms with Gasteiger partial charge in [0.25, 0.3) is 0 Å². The molecule has 98 valence electrons. The van der Waals surface area contributed by atoms with Crippen LogP contribution in [0.15, 0.2) is 42.5 Å². The third kappa shape index (κ3) is 2.19. The van der Waals surface area contributed by atoms with E-state index in [1.165, 1.54) is 22.3 Å². The number of hydrogen-bond acceptors (Lipinski definition) is 1. The minimum absolute atomic E-state index is 0.349. The molecule has 19 heavy (non-hydrogen) atoms. The fourth-order valence-corrected chi connectivity index (χ4v) is 3.10. The molecule has 1 heteroatoms. The van der Waals surface area contributed by atoms with Crippen molar-refractivity contribution in [2.75, 3.05) is 0 Å². The molecule has 0 aromatic heterocycles. The second kappa shape index (κ2) is 4.82. The second-order valence-electron chi connectivity index (χ2n) is 5.64. The van der Waals surface area contributed by atoms with Gasteiger partial charge in [-0.25, -0.2) is 0 Å². The minimum Gasteiger partial charge on any atom is -0.388 e. The molecule has 0 spiro atoms. The lowest BCUT2D eigenvalue weighted by Crippen LogP contribution is -2.19. The highest BCUT2D eigenvalue weighted by Crippen LogP contribution is 2.41. The van der Waals surface area contributed by atoms with Crippen molar-refractivity contribution in [3.8, 4) is 0 Å². The van der Waals surface area contributed by atoms with Crippen LogP contribution in [0.3, 0.4) is 0 Å². The molecule has 2 aromatic rings. The normalized spacial score (nSPS) is 18.6. The Balaban J connectivity index is 1.77. The number of aliphatic hydroxyl groups is 1. The Morgan fingerprint density at radius 1 is 1.11 bits per heavy atom. The maximum Gasteiger partial charge on any atom is 0.0798 e. The summed E-state index contributed by atoms with van der Waals surface area (Å²) in [6.45, 7) is 4.20. The summed E-state index contributed by atoms with van der Waals surface area (Å²) in [6, 6.07) is 14.8. The van der Waals surface area contributed by atoms with Crippen LogP contribution in [0.4, 0.5) is 0 Å². The third-order valence-corrected chi connectivity index (χ3v) is 4.47. The molecule has 2 atom stereocenters. The Morgan fingerprint density at radius 2 is 1.89 bits per heavy atom. The smallest absolute Gasteiger partial charge is 0.0798 e. The molecule has 0 aliphatic heterocycles. The van der Waals surface area contributed by atoms with E-state index in [1.54, 1.807) is 0 Å². The first kappa shape index (κ1) is 12.4. The lowest BCUT2D eigenvalue weighted by Gasteiger charge is -2.32. The van der Waals surface area contributed by atoms with Gasteiger partial charge in [0.1, 0.15) is 0 Å². The molecule has 0 fully saturated rings. The van der Waals surface area contributed by atoms with E-state index in [1.807, 2.05) is 6.07 Å². The van der Waals surface area contributed by atoms with Gasteiger partial charge in [0.2, 0.25) is 0 Å². The van der Waals surface area contributed by atoms with E-state index < -0.39 is 0 Å². The van der Waals surface area contributed by atoms with Gasteiger partial charge in [-0.2, -0.15) is 0 Å². The number of rotatable bonds is 3. The molecule has 1 aliphatic carbocycles. The first-order valence-electron chi connectivity index (χ1n) is 6.99. The van der Waals surface area contributed by atoms with E-state index in [2.05, 4.69) is 50.2 Å². The summed E-state index contributed by atoms with van der Waals surface area (Å²) in [5.74, 6) is 0.520. The van der Waals surface area contributed by atoms with Gasteiger partial charge in [0, 0.05) is 0 Å². The van der Waals surface area contributed by atoms with Crippen LogP contribution in [-0.4, -0.2) is 5.11 Å². The number of hydrogen-bond donors (Lipinski definition) is 1. The highest BCUT2D eigenvalue weighted by molar-refractivity contribution is 5.41. The number of benzene rings is 2. The van der Waals surface area contributed by atoms with Crippen molar-refractivity contribution in [2.24, 2.45) is 0 Å². The van der Waals surface area contributed by atoms with Crippen LogP contribution < -0.4 is 0 Å². The Bertz CT molecular complexity index is 600. The van der Waals surface area contributed by atoms with E-state index in [-0.39, 0.29) is 6.10 Å². The fourth-order valence-electron chi connectivity index (χ4n) is 3.10. The molecule has 1 nitrogen and oxygen atoms in total. The summed E-state index contributed by atoms with van der Waals surface area (Å²) < 4.78 is 0. The number of fused-ring (bicyclic) bond motifs is 1. The van der Waals surface area contributed by atoms with Crippen molar-refractivity contribution >= 4 is 0 Å². The Morgan fingerprint density at radius 3 is 2.68 bits per heavy atom. The topological polar surface area (TPSA) is 20.2 Å². The van der Waals surface area contributed by atoms with Gasteiger partial charge >= 0.3 is 0 Å². The van der Waals surface area contributed by atoms with Gasteiger partial charge in [-0.05, 0) is 60.4 Å². The van der Waals surface area contributed by atoms with Crippen LogP contribution in [0.2, 0.25) is 0 Å². The van der Waals surface area contributed by atoms with Crippen molar-refractivity contribution in [1.82, 2.24) is 0 Å². The molecular formula is C18H20O. The fraction of sp³-hybridized carbons (Fsp3) is 0.333. The molecule has 0 saturated carbocycles. The lowest BCUT2D eigenvalue weighted by molar-refractivity contribution is 0.153. The predicted octanol–water partition coefficient (Wildman–Crippen LogP) is 4.07. The molecule has 0 amide bonds. The van der Waals surface area contributed by atoms with E-state index in [0.717, 1.165) is 18.4 Å². The number of aliphatic hydroxyl groups excluding tert-OH is 1. The van der Waals surface area contributed by atoms with Crippen LogP contribution in [-0.2, 0) is 6.42 Å². The van der Waals surface area contributed by atoms with Crippen LogP contribution >= 0.6 is 0 Å². The van der Waals surface area contributed by atoms with Gasteiger partial charge in [-0.3, -0.25) is 0 Å². The molecule has 2 unspecified atom stereocenters. The molecule has 2 aromatic carbocycles. The van der Waals surface area contributed by atoms with Crippen LogP contribution in [0, 0.1) is 13.8 Å². The molecule has 0 radical (unpaired) electrons. The van der Waals surface area contributed by atoms with E-state index in [0.29, 0.717) is 5.92 Å². The highest BCUT2D eigenvalue weighted by Gasteiger charge is 2.28. The van der Waals surface area contributed by atoms with E-state index >= 15 is 0 Å². The predicted molar refractivity (Wildman–Crippen MR) is 78.4 cm³/mol. The largest absolute Gasteiger partial charge is 0.388 e. The van der Waals surface area contributed by atoms with Gasteiger partial charge in [-0.1, -0.05) is 42.5 Å². The lowest BCUT2D eigenvalue weighted by atomic mass is 9.74. The summed E-state index contributed by atoms with van der Waals surface area (Å²) >= 11 is 0. The summed E-state index contributed by atoms with van der Waals surface area (Å²) in [5.41, 5.74) is 6.44. The van der Waals surface area contributed by atoms with Crippen LogP contribution in [0.5, 0.6) is 0 Å². The molecule has 0 saturated heterocycles. The standard InChI is InChI=1S/C18H20O/c1-12-6-5-9-16(13(12)2)18(19)11-15-10-14-7-3-4-8-17(14)15/h3-9,15,18-19H,10-11H2,1-2H3. The quantitative estimate of drug-likeness (QED) is 0.873. The monoisotopic (exact) mass is 252 g/mol. The zero-order valence-electron chi connectivity index (χ0n) is 11.6. The van der Waals surface area contributed by atoms with Crippen molar-refractivity contribution in [3.63, 3.8) is 0 Å². The highest BCUT2D eigenvalue weighted by atomic mass is 16.3. The summed E-state index contributed by atoms with van der Waals surface area (Å²) in [7, 11) is 0. The number of aryl methyl sites for hydroxylation is 1. The third-order valence-electron chi connectivity index (χ3n) is 4.47. The van der Waals surface area contributed by atoms with E-state index in [9.17, 15) is 5.11 Å².